The first-order valence-corrected chi connectivity index (χ1v) is 7.41. The van der Waals surface area contributed by atoms with Gasteiger partial charge in [0.05, 0.1) is 23.7 Å². The first-order valence-electron chi connectivity index (χ1n) is 6.61. The van der Waals surface area contributed by atoms with Gasteiger partial charge in [-0.15, -0.1) is 0 Å². The van der Waals surface area contributed by atoms with E-state index in [2.05, 4.69) is 30.7 Å². The Labute approximate surface area is 142 Å². The molecule has 0 spiro atoms. The summed E-state index contributed by atoms with van der Waals surface area (Å²) < 4.78 is 45.1. The highest BCUT2D eigenvalue weighted by Crippen LogP contribution is 2.33. The highest BCUT2D eigenvalue weighted by atomic mass is 79.9. The van der Waals surface area contributed by atoms with Crippen LogP contribution in [-0.4, -0.2) is 27.8 Å². The van der Waals surface area contributed by atoms with Crippen LogP contribution in [0.5, 0.6) is 0 Å². The molecular weight excluding hydrogens is 391 g/mol. The minimum Gasteiger partial charge on any atom is -0.464 e. The summed E-state index contributed by atoms with van der Waals surface area (Å²) in [6.07, 6.45) is -3.05. The van der Waals surface area contributed by atoms with Crippen LogP contribution in [-0.2, 0) is 10.9 Å². The van der Waals surface area contributed by atoms with Crippen molar-refractivity contribution in [2.75, 3.05) is 7.11 Å². The third-order valence-corrected chi connectivity index (χ3v) is 3.73. The zero-order valence-electron chi connectivity index (χ0n) is 12.1. The minimum absolute atomic E-state index is 0.0193. The predicted octanol–water partition coefficient (Wildman–Crippen LogP) is 3.99. The molecule has 0 aliphatic heterocycles. The average molecular weight is 400 g/mol. The molecule has 24 heavy (non-hydrogen) atoms. The number of hydrogen-bond donors (Lipinski definition) is 0. The van der Waals surface area contributed by atoms with E-state index in [9.17, 15) is 18.0 Å². The molecule has 0 N–H and O–H groups in total. The van der Waals surface area contributed by atoms with E-state index >= 15 is 0 Å². The van der Waals surface area contributed by atoms with Crippen molar-refractivity contribution in [3.8, 4) is 5.69 Å². The van der Waals surface area contributed by atoms with Crippen LogP contribution < -0.4 is 0 Å². The van der Waals surface area contributed by atoms with Crippen molar-refractivity contribution < 1.29 is 22.7 Å². The van der Waals surface area contributed by atoms with Crippen molar-refractivity contribution in [2.24, 2.45) is 0 Å². The molecule has 5 nitrogen and oxygen atoms in total. The van der Waals surface area contributed by atoms with Gasteiger partial charge in [-0.3, -0.25) is 0 Å². The third-order valence-electron chi connectivity index (χ3n) is 3.28. The standard InChI is InChI=1S/C15H9BrF3N3O2/c1-24-14(23)12-11-3-2-4-20-13(11)22(21-12)10-6-8(15(17,18)19)5-9(16)7-10/h2-7H,1H3. The van der Waals surface area contributed by atoms with Crippen LogP contribution in [0.3, 0.4) is 0 Å². The van der Waals surface area contributed by atoms with E-state index < -0.39 is 17.7 Å². The van der Waals surface area contributed by atoms with E-state index in [-0.39, 0.29) is 21.5 Å². The first kappa shape index (κ1) is 16.4. The molecule has 3 rings (SSSR count). The summed E-state index contributed by atoms with van der Waals surface area (Å²) in [7, 11) is 1.20. The Morgan fingerprint density at radius 2 is 2.04 bits per heavy atom. The topological polar surface area (TPSA) is 57.0 Å². The molecule has 2 heterocycles. The molecule has 1 aromatic carbocycles. The number of benzene rings is 1. The van der Waals surface area contributed by atoms with Gasteiger partial charge in [-0.2, -0.15) is 18.3 Å². The summed E-state index contributed by atoms with van der Waals surface area (Å²) in [5.41, 5.74) is -0.486. The Kier molecular flexibility index (Phi) is 4.04. The maximum Gasteiger partial charge on any atom is 0.416 e. The van der Waals surface area contributed by atoms with Crippen LogP contribution in [0.25, 0.3) is 16.7 Å². The molecule has 0 aliphatic carbocycles. The maximum atomic E-state index is 13.0. The number of carbonyl (C=O) groups is 1. The fourth-order valence-electron chi connectivity index (χ4n) is 2.24. The SMILES string of the molecule is COC(=O)c1nn(-c2cc(Br)cc(C(F)(F)F)c2)c2ncccc12. The Hall–Kier alpha value is -2.42. The Balaban J connectivity index is 2.27. The fraction of sp³-hybridized carbons (Fsp3) is 0.133. The summed E-state index contributed by atoms with van der Waals surface area (Å²) in [4.78, 5) is 16.0. The highest BCUT2D eigenvalue weighted by Gasteiger charge is 2.31. The molecular formula is C15H9BrF3N3O2. The lowest BCUT2D eigenvalue weighted by atomic mass is 10.2. The number of ether oxygens (including phenoxy) is 1. The van der Waals surface area contributed by atoms with Gasteiger partial charge in [0.2, 0.25) is 0 Å². The molecule has 124 valence electrons. The molecule has 2 aromatic heterocycles. The smallest absolute Gasteiger partial charge is 0.416 e. The van der Waals surface area contributed by atoms with Crippen LogP contribution in [0.2, 0.25) is 0 Å². The summed E-state index contributed by atoms with van der Waals surface area (Å²) in [6, 6.07) is 6.55. The van der Waals surface area contributed by atoms with Crippen LogP contribution in [0.1, 0.15) is 16.1 Å². The summed E-state index contributed by atoms with van der Waals surface area (Å²) in [6.45, 7) is 0. The van der Waals surface area contributed by atoms with Crippen molar-refractivity contribution in [3.63, 3.8) is 0 Å². The summed E-state index contributed by atoms with van der Waals surface area (Å²) >= 11 is 3.06. The second-order valence-electron chi connectivity index (χ2n) is 4.82. The Bertz CT molecular complexity index is 937. The van der Waals surface area contributed by atoms with Crippen molar-refractivity contribution in [2.45, 2.75) is 6.18 Å². The van der Waals surface area contributed by atoms with Gasteiger partial charge in [-0.25, -0.2) is 14.5 Å². The monoisotopic (exact) mass is 399 g/mol. The fourth-order valence-corrected chi connectivity index (χ4v) is 2.72. The van der Waals surface area contributed by atoms with Crippen LogP contribution in [0, 0.1) is 0 Å². The lowest BCUT2D eigenvalue weighted by molar-refractivity contribution is -0.137. The van der Waals surface area contributed by atoms with E-state index in [4.69, 9.17) is 0 Å². The molecule has 0 bridgehead atoms. The molecule has 0 atom stereocenters. The molecule has 0 saturated carbocycles. The average Bonchev–Trinajstić information content (AvgIpc) is 2.92. The predicted molar refractivity (Wildman–Crippen MR) is 82.9 cm³/mol. The summed E-state index contributed by atoms with van der Waals surface area (Å²) in [5, 5.41) is 4.47. The number of hydrogen-bond acceptors (Lipinski definition) is 4. The minimum atomic E-state index is -4.51. The molecule has 0 saturated heterocycles. The van der Waals surface area contributed by atoms with Gasteiger partial charge in [-0.1, -0.05) is 15.9 Å². The van der Waals surface area contributed by atoms with Crippen molar-refractivity contribution in [1.29, 1.82) is 0 Å². The van der Waals surface area contributed by atoms with Gasteiger partial charge in [0.25, 0.3) is 0 Å². The van der Waals surface area contributed by atoms with Gasteiger partial charge >= 0.3 is 12.1 Å². The molecule has 0 amide bonds. The molecule has 0 radical (unpaired) electrons. The first-order chi connectivity index (χ1) is 11.3. The number of rotatable bonds is 2. The third kappa shape index (κ3) is 2.86. The number of esters is 1. The largest absolute Gasteiger partial charge is 0.464 e. The Morgan fingerprint density at radius 3 is 2.71 bits per heavy atom. The second-order valence-corrected chi connectivity index (χ2v) is 5.74. The van der Waals surface area contributed by atoms with Crippen molar-refractivity contribution in [1.82, 2.24) is 14.8 Å². The second kappa shape index (κ2) is 5.90. The van der Waals surface area contributed by atoms with Gasteiger partial charge in [-0.05, 0) is 30.3 Å². The van der Waals surface area contributed by atoms with E-state index in [1.54, 1.807) is 12.1 Å². The van der Waals surface area contributed by atoms with E-state index in [0.29, 0.717) is 5.39 Å². The van der Waals surface area contributed by atoms with Crippen molar-refractivity contribution >= 4 is 32.9 Å². The maximum absolute atomic E-state index is 13.0. The number of halogens is 4. The van der Waals surface area contributed by atoms with E-state index in [0.717, 1.165) is 12.1 Å². The highest BCUT2D eigenvalue weighted by molar-refractivity contribution is 9.10. The quantitative estimate of drug-likeness (QED) is 0.611. The summed E-state index contributed by atoms with van der Waals surface area (Å²) in [5.74, 6) is -0.696. The van der Waals surface area contributed by atoms with Gasteiger partial charge in [0.1, 0.15) is 0 Å². The van der Waals surface area contributed by atoms with Gasteiger partial charge in [0, 0.05) is 10.7 Å². The molecule has 3 aromatic rings. The lowest BCUT2D eigenvalue weighted by Crippen LogP contribution is -2.08. The number of nitrogens with zero attached hydrogens (tertiary/aromatic N) is 3. The number of aromatic nitrogens is 3. The van der Waals surface area contributed by atoms with Crippen LogP contribution in [0.15, 0.2) is 41.0 Å². The van der Waals surface area contributed by atoms with Crippen LogP contribution >= 0.6 is 15.9 Å². The normalized spacial score (nSPS) is 11.7. The molecule has 9 heteroatoms. The van der Waals surface area contributed by atoms with Crippen molar-refractivity contribution in [3.05, 3.63) is 52.3 Å². The number of carbonyl (C=O) groups excluding carboxylic acids is 1. The number of fused-ring (bicyclic) bond motifs is 1. The lowest BCUT2D eigenvalue weighted by Gasteiger charge is -2.10. The number of methoxy groups -OCH3 is 1. The molecule has 0 fully saturated rings. The van der Waals surface area contributed by atoms with Gasteiger partial charge in [0.15, 0.2) is 11.3 Å². The zero-order valence-corrected chi connectivity index (χ0v) is 13.7. The van der Waals surface area contributed by atoms with Crippen LogP contribution in [0.4, 0.5) is 13.2 Å². The zero-order chi connectivity index (χ0) is 17.5. The molecule has 0 unspecified atom stereocenters. The number of pyridine rings is 1. The Morgan fingerprint density at radius 1 is 1.29 bits per heavy atom. The van der Waals surface area contributed by atoms with E-state index in [1.165, 1.54) is 24.1 Å². The van der Waals surface area contributed by atoms with Gasteiger partial charge < -0.3 is 4.74 Å². The number of alkyl halides is 3. The molecule has 0 aliphatic rings. The van der Waals surface area contributed by atoms with E-state index in [1.807, 2.05) is 0 Å².